The maximum Gasteiger partial charge on any atom is 0.311 e. The van der Waals surface area contributed by atoms with Gasteiger partial charge in [0.25, 0.3) is 0 Å². The molecule has 0 unspecified atom stereocenters. The number of anilines is 2. The van der Waals surface area contributed by atoms with E-state index < -0.39 is 10.5 Å². The maximum absolute atomic E-state index is 10.8. The van der Waals surface area contributed by atoms with Crippen LogP contribution >= 0.6 is 0 Å². The lowest BCUT2D eigenvalue weighted by Gasteiger charge is -2.18. The van der Waals surface area contributed by atoms with Gasteiger partial charge in [-0.15, -0.1) is 0 Å². The number of hydrogen-bond donors (Lipinski definition) is 4. The van der Waals surface area contributed by atoms with Crippen molar-refractivity contribution in [1.82, 2.24) is 4.98 Å². The van der Waals surface area contributed by atoms with E-state index in [1.165, 1.54) is 12.1 Å². The van der Waals surface area contributed by atoms with Crippen LogP contribution in [0.1, 0.15) is 13.8 Å². The summed E-state index contributed by atoms with van der Waals surface area (Å²) < 4.78 is 0. The summed E-state index contributed by atoms with van der Waals surface area (Å²) in [6.07, 6.45) is 0. The molecule has 0 saturated carbocycles. The fraction of sp³-hybridized carbons (Fsp3) is 0.444. The Balaban J connectivity index is 2.97. The average molecular weight is 241 g/mol. The highest BCUT2D eigenvalue weighted by Crippen LogP contribution is 2.24. The van der Waals surface area contributed by atoms with Crippen LogP contribution in [0.15, 0.2) is 12.1 Å². The number of nitrogens with two attached hydrogens (primary N) is 1. The van der Waals surface area contributed by atoms with Gasteiger partial charge in [-0.3, -0.25) is 10.1 Å². The number of hydrazine groups is 1. The van der Waals surface area contributed by atoms with Gasteiger partial charge < -0.3 is 15.8 Å². The van der Waals surface area contributed by atoms with Crippen molar-refractivity contribution >= 4 is 17.3 Å². The Hall–Kier alpha value is -1.93. The van der Waals surface area contributed by atoms with Crippen LogP contribution in [-0.2, 0) is 0 Å². The van der Waals surface area contributed by atoms with Crippen molar-refractivity contribution in [1.29, 1.82) is 0 Å². The molecule has 0 spiro atoms. The molecule has 0 saturated heterocycles. The molecule has 0 radical (unpaired) electrons. The van der Waals surface area contributed by atoms with E-state index in [9.17, 15) is 15.2 Å². The van der Waals surface area contributed by atoms with Crippen molar-refractivity contribution < 1.29 is 10.0 Å². The smallest absolute Gasteiger partial charge is 0.311 e. The zero-order chi connectivity index (χ0) is 13.1. The molecule has 0 aliphatic heterocycles. The van der Waals surface area contributed by atoms with Crippen LogP contribution in [0.5, 0.6) is 0 Å². The number of pyridine rings is 1. The first-order chi connectivity index (χ1) is 7.83. The van der Waals surface area contributed by atoms with Gasteiger partial charge in [0.15, 0.2) is 0 Å². The molecule has 8 nitrogen and oxygen atoms in total. The van der Waals surface area contributed by atoms with Crippen molar-refractivity contribution in [2.24, 2.45) is 5.84 Å². The summed E-state index contributed by atoms with van der Waals surface area (Å²) >= 11 is 0. The van der Waals surface area contributed by atoms with Crippen LogP contribution in [0, 0.1) is 10.1 Å². The third-order valence-electron chi connectivity index (χ3n) is 1.91. The van der Waals surface area contributed by atoms with E-state index in [0.29, 0.717) is 5.82 Å². The zero-order valence-corrected chi connectivity index (χ0v) is 9.60. The lowest BCUT2D eigenvalue weighted by Crippen LogP contribution is -2.30. The topological polar surface area (TPSA) is 126 Å². The first kappa shape index (κ1) is 13.1. The van der Waals surface area contributed by atoms with E-state index in [1.807, 2.05) is 0 Å². The average Bonchev–Trinajstić information content (AvgIpc) is 2.24. The Kier molecular flexibility index (Phi) is 3.81. The number of nitrogens with zero attached hydrogens (tertiary/aromatic N) is 2. The van der Waals surface area contributed by atoms with E-state index >= 15 is 0 Å². The van der Waals surface area contributed by atoms with Gasteiger partial charge in [0.1, 0.15) is 5.82 Å². The minimum Gasteiger partial charge on any atom is -0.389 e. The lowest BCUT2D eigenvalue weighted by molar-refractivity contribution is -0.384. The predicted octanol–water partition coefficient (Wildman–Crippen LogP) is 0.458. The number of aromatic nitrogens is 1. The van der Waals surface area contributed by atoms with Crippen LogP contribution in [0.4, 0.5) is 17.3 Å². The highest BCUT2D eigenvalue weighted by molar-refractivity contribution is 5.60. The normalized spacial score (nSPS) is 11.1. The summed E-state index contributed by atoms with van der Waals surface area (Å²) in [6.45, 7) is 3.29. The number of nitro groups is 1. The van der Waals surface area contributed by atoms with E-state index in [1.54, 1.807) is 13.8 Å². The van der Waals surface area contributed by atoms with Gasteiger partial charge in [-0.1, -0.05) is 0 Å². The van der Waals surface area contributed by atoms with Gasteiger partial charge in [-0.2, -0.15) is 0 Å². The van der Waals surface area contributed by atoms with Crippen LogP contribution < -0.4 is 16.6 Å². The highest BCUT2D eigenvalue weighted by atomic mass is 16.6. The van der Waals surface area contributed by atoms with Gasteiger partial charge in [0.2, 0.25) is 5.82 Å². The molecule has 0 amide bonds. The second-order valence-corrected chi connectivity index (χ2v) is 4.13. The number of nitrogens with one attached hydrogen (secondary N) is 2. The maximum atomic E-state index is 10.8. The number of rotatable bonds is 5. The second-order valence-electron chi connectivity index (χ2n) is 4.13. The molecule has 1 aromatic rings. The molecule has 1 aromatic heterocycles. The highest BCUT2D eigenvalue weighted by Gasteiger charge is 2.19. The predicted molar refractivity (Wildman–Crippen MR) is 63.5 cm³/mol. The third-order valence-corrected chi connectivity index (χ3v) is 1.91. The Morgan fingerprint density at radius 1 is 1.59 bits per heavy atom. The summed E-state index contributed by atoms with van der Waals surface area (Å²) in [6, 6.07) is 2.68. The summed E-state index contributed by atoms with van der Waals surface area (Å²) in [5.74, 6) is 5.53. The number of aliphatic hydroxyl groups is 1. The molecule has 8 heteroatoms. The summed E-state index contributed by atoms with van der Waals surface area (Å²) in [7, 11) is 0. The summed E-state index contributed by atoms with van der Waals surface area (Å²) in [5, 5.41) is 23.0. The van der Waals surface area contributed by atoms with Crippen molar-refractivity contribution in [2.75, 3.05) is 17.3 Å². The second kappa shape index (κ2) is 4.93. The van der Waals surface area contributed by atoms with Crippen LogP contribution in [0.3, 0.4) is 0 Å². The molecule has 94 valence electrons. The molecule has 0 bridgehead atoms. The molecule has 0 atom stereocenters. The van der Waals surface area contributed by atoms with Crippen molar-refractivity contribution in [2.45, 2.75) is 19.4 Å². The fourth-order valence-corrected chi connectivity index (χ4v) is 1.11. The molecular weight excluding hydrogens is 226 g/mol. The van der Waals surface area contributed by atoms with Gasteiger partial charge in [0, 0.05) is 12.6 Å². The van der Waals surface area contributed by atoms with E-state index in [0.717, 1.165) is 0 Å². The quantitative estimate of drug-likeness (QED) is 0.335. The minimum atomic E-state index is -0.998. The molecule has 1 heterocycles. The first-order valence-corrected chi connectivity index (χ1v) is 4.92. The largest absolute Gasteiger partial charge is 0.389 e. The first-order valence-electron chi connectivity index (χ1n) is 4.92. The van der Waals surface area contributed by atoms with E-state index in [4.69, 9.17) is 5.84 Å². The summed E-state index contributed by atoms with van der Waals surface area (Å²) in [5.41, 5.74) is 1.12. The Morgan fingerprint density at radius 3 is 2.71 bits per heavy atom. The van der Waals surface area contributed by atoms with Gasteiger partial charge in [0.05, 0.1) is 10.5 Å². The van der Waals surface area contributed by atoms with Gasteiger partial charge in [-0.05, 0) is 19.9 Å². The SMILES string of the molecule is CC(C)(O)CNc1nc(NN)ccc1[N+](=O)[O-]. The monoisotopic (exact) mass is 241 g/mol. The zero-order valence-electron chi connectivity index (χ0n) is 9.60. The van der Waals surface area contributed by atoms with Crippen LogP contribution in [-0.4, -0.2) is 27.2 Å². The Bertz CT molecular complexity index is 416. The fourth-order valence-electron chi connectivity index (χ4n) is 1.11. The van der Waals surface area contributed by atoms with Crippen LogP contribution in [0.25, 0.3) is 0 Å². The van der Waals surface area contributed by atoms with Crippen molar-refractivity contribution in [3.63, 3.8) is 0 Å². The number of nitrogen functional groups attached to an aromatic ring is 1. The molecule has 0 aliphatic rings. The Labute approximate surface area is 98.0 Å². The molecule has 0 fully saturated rings. The van der Waals surface area contributed by atoms with E-state index in [2.05, 4.69) is 15.7 Å². The molecule has 1 rings (SSSR count). The molecule has 17 heavy (non-hydrogen) atoms. The number of hydrogen-bond acceptors (Lipinski definition) is 7. The van der Waals surface area contributed by atoms with Gasteiger partial charge >= 0.3 is 5.69 Å². The van der Waals surface area contributed by atoms with Crippen LogP contribution in [0.2, 0.25) is 0 Å². The Morgan fingerprint density at radius 2 is 2.24 bits per heavy atom. The minimum absolute atomic E-state index is 0.0626. The standard InChI is InChI=1S/C9H15N5O3/c1-9(2,15)5-11-8-6(14(16)17)3-4-7(12-8)13-10/h3-4,15H,5,10H2,1-2H3,(H2,11,12,13). The molecule has 0 aliphatic carbocycles. The third kappa shape index (κ3) is 3.85. The van der Waals surface area contributed by atoms with Crippen molar-refractivity contribution in [3.8, 4) is 0 Å². The van der Waals surface area contributed by atoms with E-state index in [-0.39, 0.29) is 18.1 Å². The molecular formula is C9H15N5O3. The lowest BCUT2D eigenvalue weighted by atomic mass is 10.1. The molecule has 5 N–H and O–H groups in total. The molecule has 0 aromatic carbocycles. The van der Waals surface area contributed by atoms with Gasteiger partial charge in [-0.25, -0.2) is 10.8 Å². The van der Waals surface area contributed by atoms with Crippen molar-refractivity contribution in [3.05, 3.63) is 22.2 Å². The summed E-state index contributed by atoms with van der Waals surface area (Å²) in [4.78, 5) is 14.1.